The van der Waals surface area contributed by atoms with Crippen molar-refractivity contribution in [2.75, 3.05) is 4.90 Å². The number of Topliss-reactive ketones (excluding diaryl/α,β-unsaturated/α-hetero) is 1. The summed E-state index contributed by atoms with van der Waals surface area (Å²) in [5.41, 5.74) is 5.91. The van der Waals surface area contributed by atoms with Crippen molar-refractivity contribution in [3.63, 3.8) is 0 Å². The average molecular weight is 330 g/mol. The Kier molecular flexibility index (Phi) is 3.19. The zero-order chi connectivity index (χ0) is 17.1. The molecule has 4 aliphatic rings. The van der Waals surface area contributed by atoms with Crippen LogP contribution in [-0.2, 0) is 4.79 Å². The van der Waals surface area contributed by atoms with Gasteiger partial charge >= 0.3 is 0 Å². The van der Waals surface area contributed by atoms with Crippen LogP contribution in [0.1, 0.15) is 43.2 Å². The summed E-state index contributed by atoms with van der Waals surface area (Å²) in [6.07, 6.45) is 9.67. The van der Waals surface area contributed by atoms with Crippen LogP contribution in [0.2, 0.25) is 0 Å². The normalized spacial score (nSPS) is 32.6. The summed E-state index contributed by atoms with van der Waals surface area (Å²) in [6, 6.07) is 8.73. The minimum atomic E-state index is -0.164. The summed E-state index contributed by atoms with van der Waals surface area (Å²) in [6.45, 7) is 2.11. The third-order valence-electron chi connectivity index (χ3n) is 6.59. The maximum absolute atomic E-state index is 13.4. The number of carbonyl (C=O) groups is 1. The van der Waals surface area contributed by atoms with Crippen molar-refractivity contribution in [3.8, 4) is 6.07 Å². The molecule has 1 fully saturated rings. The highest BCUT2D eigenvalue weighted by Gasteiger charge is 2.58. The van der Waals surface area contributed by atoms with Gasteiger partial charge in [0.2, 0.25) is 0 Å². The van der Waals surface area contributed by atoms with Crippen molar-refractivity contribution >= 4 is 17.5 Å². The van der Waals surface area contributed by atoms with E-state index in [0.717, 1.165) is 36.9 Å². The van der Waals surface area contributed by atoms with Gasteiger partial charge < -0.3 is 4.90 Å². The number of nitriles is 1. The number of para-hydroxylation sites is 1. The van der Waals surface area contributed by atoms with E-state index < -0.39 is 0 Å². The molecule has 25 heavy (non-hydrogen) atoms. The minimum Gasteiger partial charge on any atom is -0.352 e. The van der Waals surface area contributed by atoms with Gasteiger partial charge in [0, 0.05) is 11.6 Å². The van der Waals surface area contributed by atoms with Crippen LogP contribution >= 0.6 is 0 Å². The molecular weight excluding hydrogens is 308 g/mol. The third kappa shape index (κ3) is 1.88. The summed E-state index contributed by atoms with van der Waals surface area (Å²) >= 11 is 0. The molecule has 1 saturated heterocycles. The molecule has 1 aromatic carbocycles. The molecule has 0 aromatic heterocycles. The Morgan fingerprint density at radius 2 is 2.04 bits per heavy atom. The summed E-state index contributed by atoms with van der Waals surface area (Å²) in [7, 11) is 0. The van der Waals surface area contributed by atoms with Gasteiger partial charge in [-0.2, -0.15) is 5.26 Å². The van der Waals surface area contributed by atoms with E-state index in [0.29, 0.717) is 5.78 Å². The molecule has 0 unspecified atom stereocenters. The summed E-state index contributed by atoms with van der Waals surface area (Å²) in [4.78, 5) is 15.7. The van der Waals surface area contributed by atoms with E-state index in [-0.39, 0.29) is 23.9 Å². The quantitative estimate of drug-likeness (QED) is 0.717. The molecule has 1 aromatic rings. The molecule has 0 amide bonds. The van der Waals surface area contributed by atoms with Crippen LogP contribution in [-0.4, -0.2) is 17.9 Å². The molecular formula is C22H22N2O. The van der Waals surface area contributed by atoms with Gasteiger partial charge in [-0.15, -0.1) is 0 Å². The second-order valence-corrected chi connectivity index (χ2v) is 7.82. The fraction of sp³-hybridized carbons (Fsp3) is 0.455. The Morgan fingerprint density at radius 3 is 2.88 bits per heavy atom. The topological polar surface area (TPSA) is 44.1 Å². The van der Waals surface area contributed by atoms with E-state index >= 15 is 0 Å². The Bertz CT molecular complexity index is 873. The maximum atomic E-state index is 13.4. The second-order valence-electron chi connectivity index (χ2n) is 7.82. The molecule has 0 radical (unpaired) electrons. The lowest BCUT2D eigenvalue weighted by atomic mass is 9.83. The van der Waals surface area contributed by atoms with Crippen LogP contribution in [0.3, 0.4) is 0 Å². The molecule has 3 nitrogen and oxygen atoms in total. The van der Waals surface area contributed by atoms with Crippen LogP contribution < -0.4 is 4.90 Å². The van der Waals surface area contributed by atoms with Crippen molar-refractivity contribution in [3.05, 3.63) is 46.5 Å². The van der Waals surface area contributed by atoms with Gasteiger partial charge in [0.1, 0.15) is 6.04 Å². The Hall–Kier alpha value is -2.34. The predicted octanol–water partition coefficient (Wildman–Crippen LogP) is 4.18. The van der Waals surface area contributed by atoms with Gasteiger partial charge in [-0.05, 0) is 49.3 Å². The number of benzene rings is 1. The number of fused-ring (bicyclic) bond motifs is 6. The highest BCUT2D eigenvalue weighted by Crippen LogP contribution is 2.53. The van der Waals surface area contributed by atoms with Gasteiger partial charge in [-0.1, -0.05) is 42.3 Å². The van der Waals surface area contributed by atoms with Gasteiger partial charge in [0.25, 0.3) is 0 Å². The average Bonchev–Trinajstić information content (AvgIpc) is 2.94. The fourth-order valence-corrected chi connectivity index (χ4v) is 5.60. The molecule has 126 valence electrons. The number of nitrogens with zero attached hydrogens (tertiary/aromatic N) is 2. The molecule has 0 saturated carbocycles. The zero-order valence-electron chi connectivity index (χ0n) is 14.5. The lowest BCUT2D eigenvalue weighted by Gasteiger charge is -2.35. The number of hydrogen-bond acceptors (Lipinski definition) is 3. The van der Waals surface area contributed by atoms with Crippen molar-refractivity contribution < 1.29 is 4.79 Å². The third-order valence-corrected chi connectivity index (χ3v) is 6.59. The first-order chi connectivity index (χ1) is 12.2. The number of aryl methyl sites for hydroxylation is 1. The molecule has 0 spiro atoms. The van der Waals surface area contributed by atoms with Crippen molar-refractivity contribution in [2.24, 2.45) is 11.8 Å². The first-order valence-electron chi connectivity index (χ1n) is 9.44. The van der Waals surface area contributed by atoms with Crippen molar-refractivity contribution in [1.29, 1.82) is 5.26 Å². The largest absolute Gasteiger partial charge is 0.352 e. The molecule has 0 N–H and O–H groups in total. The Labute approximate surface area is 148 Å². The number of rotatable bonds is 0. The maximum Gasteiger partial charge on any atom is 0.181 e. The number of anilines is 1. The summed E-state index contributed by atoms with van der Waals surface area (Å²) in [5.74, 6) is 0.267. The first-order valence-corrected chi connectivity index (χ1v) is 9.44. The number of ketones is 1. The van der Waals surface area contributed by atoms with E-state index in [4.69, 9.17) is 0 Å². The smallest absolute Gasteiger partial charge is 0.181 e. The van der Waals surface area contributed by atoms with Gasteiger partial charge in [0.15, 0.2) is 5.78 Å². The lowest BCUT2D eigenvalue weighted by Crippen LogP contribution is -2.43. The van der Waals surface area contributed by atoms with Crippen LogP contribution in [0.25, 0.3) is 6.08 Å². The molecule has 2 aliphatic carbocycles. The van der Waals surface area contributed by atoms with E-state index in [1.165, 1.54) is 23.1 Å². The molecule has 2 aliphatic heterocycles. The predicted molar refractivity (Wildman–Crippen MR) is 98.0 cm³/mol. The number of hydrogen-bond donors (Lipinski definition) is 0. The molecule has 2 heterocycles. The first kappa shape index (κ1) is 15.0. The van der Waals surface area contributed by atoms with E-state index in [2.05, 4.69) is 48.2 Å². The highest BCUT2D eigenvalue weighted by atomic mass is 16.1. The second kappa shape index (κ2) is 5.33. The SMILES string of the molecule is Cc1cccc2c1N1[C@H](C=C2)[C@H](C#N)[C@H]2C3=C(CCCCC3)C(=O)[C@H]21. The van der Waals surface area contributed by atoms with E-state index in [1.807, 2.05) is 0 Å². The van der Waals surface area contributed by atoms with Crippen molar-refractivity contribution in [2.45, 2.75) is 51.1 Å². The van der Waals surface area contributed by atoms with Crippen molar-refractivity contribution in [1.82, 2.24) is 0 Å². The van der Waals surface area contributed by atoms with Crippen LogP contribution in [0.4, 0.5) is 5.69 Å². The molecule has 4 atom stereocenters. The van der Waals surface area contributed by atoms with E-state index in [1.54, 1.807) is 0 Å². The molecule has 5 rings (SSSR count). The van der Waals surface area contributed by atoms with Gasteiger partial charge in [-0.25, -0.2) is 0 Å². The van der Waals surface area contributed by atoms with Gasteiger partial charge in [-0.3, -0.25) is 4.79 Å². The minimum absolute atomic E-state index is 0.0230. The lowest BCUT2D eigenvalue weighted by molar-refractivity contribution is -0.116. The molecule has 3 heteroatoms. The fourth-order valence-electron chi connectivity index (χ4n) is 5.60. The highest BCUT2D eigenvalue weighted by molar-refractivity contribution is 6.07. The monoisotopic (exact) mass is 330 g/mol. The van der Waals surface area contributed by atoms with Gasteiger partial charge in [0.05, 0.1) is 18.0 Å². The number of carbonyl (C=O) groups excluding carboxylic acids is 1. The standard InChI is InChI=1S/C22H22N2O/c1-13-6-5-7-14-10-11-18-17(12-23)19-15-8-3-2-4-9-16(15)22(25)21(19)24(18)20(13)14/h5-7,10-11,17-19,21H,2-4,8-9H2,1H3/t17-,18+,19+,21-/m0/s1. The summed E-state index contributed by atoms with van der Waals surface area (Å²) in [5, 5.41) is 9.97. The van der Waals surface area contributed by atoms with E-state index in [9.17, 15) is 10.1 Å². The van der Waals surface area contributed by atoms with Crippen LogP contribution in [0, 0.1) is 30.1 Å². The Balaban J connectivity index is 1.69. The Morgan fingerprint density at radius 1 is 1.20 bits per heavy atom. The molecule has 0 bridgehead atoms. The van der Waals surface area contributed by atoms with Crippen LogP contribution in [0.15, 0.2) is 35.4 Å². The zero-order valence-corrected chi connectivity index (χ0v) is 14.5. The van der Waals surface area contributed by atoms with Crippen LogP contribution in [0.5, 0.6) is 0 Å². The summed E-state index contributed by atoms with van der Waals surface area (Å²) < 4.78 is 0.